The summed E-state index contributed by atoms with van der Waals surface area (Å²) in [5.41, 5.74) is 0.0103. The van der Waals surface area contributed by atoms with Crippen molar-refractivity contribution in [2.24, 2.45) is 5.16 Å². The lowest BCUT2D eigenvalue weighted by molar-refractivity contribution is -0.147. The van der Waals surface area contributed by atoms with E-state index >= 15 is 0 Å². The van der Waals surface area contributed by atoms with Crippen LogP contribution in [-0.4, -0.2) is 39.4 Å². The Labute approximate surface area is 217 Å². The van der Waals surface area contributed by atoms with Crippen LogP contribution in [-0.2, 0) is 23.9 Å². The number of carbonyl (C=O) groups is 3. The van der Waals surface area contributed by atoms with Gasteiger partial charge in [0, 0.05) is 5.38 Å². The fourth-order valence-corrected chi connectivity index (χ4v) is 3.60. The van der Waals surface area contributed by atoms with Crippen molar-refractivity contribution in [2.75, 3.05) is 5.32 Å². The van der Waals surface area contributed by atoms with E-state index in [9.17, 15) is 19.5 Å². The number of anilines is 1. The molecule has 0 saturated carbocycles. The summed E-state index contributed by atoms with van der Waals surface area (Å²) >= 11 is 0.957. The van der Waals surface area contributed by atoms with Gasteiger partial charge in [0.2, 0.25) is 11.5 Å². The van der Waals surface area contributed by atoms with Crippen LogP contribution in [0.25, 0.3) is 0 Å². The number of aromatic nitrogens is 1. The van der Waals surface area contributed by atoms with E-state index in [1.165, 1.54) is 5.38 Å². The Bertz CT molecular complexity index is 1260. The molecule has 0 unspecified atom stereocenters. The molecule has 192 valence electrons. The largest absolute Gasteiger partial charge is 0.476 e. The number of hydrogen-bond donors (Lipinski definition) is 2. The normalized spacial score (nSPS) is 11.5. The molecule has 11 heteroatoms. The smallest absolute Gasteiger partial charge is 0.413 e. The molecule has 0 aliphatic carbocycles. The van der Waals surface area contributed by atoms with E-state index in [1.807, 2.05) is 36.4 Å². The average molecular weight is 524 g/mol. The van der Waals surface area contributed by atoms with Crippen molar-refractivity contribution >= 4 is 40.2 Å². The first-order valence-corrected chi connectivity index (χ1v) is 11.9. The molecule has 0 saturated heterocycles. The zero-order valence-corrected chi connectivity index (χ0v) is 21.2. The molecule has 3 aromatic rings. The Hall–Kier alpha value is -4.51. The molecule has 1 heterocycles. The van der Waals surface area contributed by atoms with E-state index < -0.39 is 41.2 Å². The van der Waals surface area contributed by atoms with Crippen molar-refractivity contribution in [3.8, 4) is 0 Å². The van der Waals surface area contributed by atoms with Crippen LogP contribution in [0.15, 0.2) is 83.5 Å². The van der Waals surface area contributed by atoms with E-state index in [0.717, 1.165) is 22.5 Å². The minimum Gasteiger partial charge on any atom is -0.476 e. The molecule has 2 aromatic carbocycles. The first-order valence-electron chi connectivity index (χ1n) is 11.0. The van der Waals surface area contributed by atoms with E-state index in [1.54, 1.807) is 45.0 Å². The van der Waals surface area contributed by atoms with E-state index in [-0.39, 0.29) is 10.8 Å². The van der Waals surface area contributed by atoms with Crippen LogP contribution < -0.4 is 5.32 Å². The molecule has 1 amide bonds. The molecule has 0 bridgehead atoms. The van der Waals surface area contributed by atoms with Crippen LogP contribution in [0.1, 0.15) is 43.7 Å². The molecule has 0 radical (unpaired) electrons. The topological polar surface area (TPSA) is 136 Å². The molecule has 1 aromatic heterocycles. The second-order valence-corrected chi connectivity index (χ2v) is 9.39. The van der Waals surface area contributed by atoms with Crippen molar-refractivity contribution in [3.05, 3.63) is 95.2 Å². The lowest BCUT2D eigenvalue weighted by atomic mass is 10.0. The van der Waals surface area contributed by atoms with Crippen LogP contribution in [0.2, 0.25) is 0 Å². The van der Waals surface area contributed by atoms with Gasteiger partial charge in [0.1, 0.15) is 11.3 Å². The average Bonchev–Trinajstić information content (AvgIpc) is 3.29. The van der Waals surface area contributed by atoms with Crippen LogP contribution in [0, 0.1) is 0 Å². The van der Waals surface area contributed by atoms with Gasteiger partial charge in [-0.2, -0.15) is 0 Å². The number of rotatable bonds is 9. The zero-order chi connectivity index (χ0) is 27.0. The molecule has 0 spiro atoms. The van der Waals surface area contributed by atoms with Gasteiger partial charge in [0.25, 0.3) is 0 Å². The van der Waals surface area contributed by atoms with Crippen LogP contribution >= 0.6 is 11.3 Å². The number of amides is 1. The predicted octanol–water partition coefficient (Wildman–Crippen LogP) is 5.14. The number of oxime groups is 1. The van der Waals surface area contributed by atoms with Crippen molar-refractivity contribution in [2.45, 2.75) is 32.5 Å². The first kappa shape index (κ1) is 27.1. The molecular formula is C26H25N3O7S. The summed E-state index contributed by atoms with van der Waals surface area (Å²) in [6.45, 7) is 8.61. The molecule has 0 aliphatic heterocycles. The number of aliphatic carboxylic acids is 1. The number of carboxylic acids is 1. The fourth-order valence-electron chi connectivity index (χ4n) is 2.92. The summed E-state index contributed by atoms with van der Waals surface area (Å²) in [5.74, 6) is -2.93. The summed E-state index contributed by atoms with van der Waals surface area (Å²) in [5, 5.41) is 17.0. The number of nitrogens with zero attached hydrogens (tertiary/aromatic N) is 2. The molecule has 37 heavy (non-hydrogen) atoms. The fraction of sp³-hybridized carbons (Fsp3) is 0.192. The SMILES string of the molecule is C=C(ON=C(C(=O)O)c1csc(NC(=O)OC(C)(C)C)n1)C(=O)OC(c1ccccc1)c1ccccc1. The van der Waals surface area contributed by atoms with Crippen LogP contribution in [0.4, 0.5) is 9.93 Å². The quantitative estimate of drug-likeness (QED) is 0.129. The number of carboxylic acid groups (broad SMARTS) is 1. The predicted molar refractivity (Wildman–Crippen MR) is 137 cm³/mol. The monoisotopic (exact) mass is 523 g/mol. The maximum absolute atomic E-state index is 12.7. The van der Waals surface area contributed by atoms with Crippen molar-refractivity contribution in [1.82, 2.24) is 4.98 Å². The number of nitrogens with one attached hydrogen (secondary N) is 1. The lowest BCUT2D eigenvalue weighted by Gasteiger charge is -2.19. The van der Waals surface area contributed by atoms with Crippen molar-refractivity contribution < 1.29 is 33.8 Å². The van der Waals surface area contributed by atoms with Gasteiger partial charge in [-0.25, -0.2) is 19.4 Å². The molecule has 0 aliphatic rings. The highest BCUT2D eigenvalue weighted by molar-refractivity contribution is 7.14. The molecule has 2 N–H and O–H groups in total. The van der Waals surface area contributed by atoms with Gasteiger partial charge in [0.15, 0.2) is 11.2 Å². The summed E-state index contributed by atoms with van der Waals surface area (Å²) in [4.78, 5) is 45.4. The summed E-state index contributed by atoms with van der Waals surface area (Å²) in [6.07, 6.45) is -1.50. The lowest BCUT2D eigenvalue weighted by Crippen LogP contribution is -2.27. The number of esters is 1. The van der Waals surface area contributed by atoms with E-state index in [0.29, 0.717) is 0 Å². The third-order valence-electron chi connectivity index (χ3n) is 4.46. The van der Waals surface area contributed by atoms with E-state index in [2.05, 4.69) is 22.0 Å². The Morgan fingerprint density at radius 1 is 1.03 bits per heavy atom. The maximum atomic E-state index is 12.7. The van der Waals surface area contributed by atoms with Gasteiger partial charge in [-0.15, -0.1) is 11.3 Å². The third-order valence-corrected chi connectivity index (χ3v) is 5.22. The minimum atomic E-state index is -1.47. The van der Waals surface area contributed by atoms with Gasteiger partial charge in [0.05, 0.1) is 0 Å². The second kappa shape index (κ2) is 12.0. The summed E-state index contributed by atoms with van der Waals surface area (Å²) in [6, 6.07) is 18.2. The zero-order valence-electron chi connectivity index (χ0n) is 20.3. The highest BCUT2D eigenvalue weighted by Gasteiger charge is 2.24. The number of ether oxygens (including phenoxy) is 2. The Kier molecular flexibility index (Phi) is 8.75. The number of hydrogen-bond acceptors (Lipinski definition) is 9. The number of carbonyl (C=O) groups excluding carboxylic acids is 2. The molecular weight excluding hydrogens is 498 g/mol. The molecule has 3 rings (SSSR count). The maximum Gasteiger partial charge on any atom is 0.413 e. The van der Waals surface area contributed by atoms with Crippen molar-refractivity contribution in [3.63, 3.8) is 0 Å². The van der Waals surface area contributed by atoms with Gasteiger partial charge < -0.3 is 19.4 Å². The van der Waals surface area contributed by atoms with E-state index in [4.69, 9.17) is 14.3 Å². The van der Waals surface area contributed by atoms with Gasteiger partial charge in [-0.05, 0) is 38.5 Å². The first-order chi connectivity index (χ1) is 17.5. The second-order valence-electron chi connectivity index (χ2n) is 8.53. The van der Waals surface area contributed by atoms with Gasteiger partial charge >= 0.3 is 18.0 Å². The molecule has 10 nitrogen and oxygen atoms in total. The standard InChI is InChI=1S/C26H25N3O7S/c1-16(23(32)34-21(17-11-7-5-8-12-17)18-13-9-6-10-14-18)36-29-20(22(30)31)19-15-37-24(27-19)28-25(33)35-26(2,3)4/h5-15,21H,1H2,2-4H3,(H,30,31)(H,27,28,33). The van der Waals surface area contributed by atoms with Gasteiger partial charge in [-0.1, -0.05) is 65.8 Å². The highest BCUT2D eigenvalue weighted by atomic mass is 32.1. The number of benzene rings is 2. The third kappa shape index (κ3) is 8.00. The highest BCUT2D eigenvalue weighted by Crippen LogP contribution is 2.27. The Balaban J connectivity index is 1.71. The van der Waals surface area contributed by atoms with Crippen LogP contribution in [0.5, 0.6) is 0 Å². The van der Waals surface area contributed by atoms with Crippen LogP contribution in [0.3, 0.4) is 0 Å². The Morgan fingerprint density at radius 3 is 2.11 bits per heavy atom. The number of thiazole rings is 1. The molecule has 0 fully saturated rings. The Morgan fingerprint density at radius 2 is 1.59 bits per heavy atom. The summed E-state index contributed by atoms with van der Waals surface area (Å²) < 4.78 is 10.8. The summed E-state index contributed by atoms with van der Waals surface area (Å²) in [7, 11) is 0. The molecule has 0 atom stereocenters. The minimum absolute atomic E-state index is 0.0880. The van der Waals surface area contributed by atoms with Gasteiger partial charge in [-0.3, -0.25) is 5.32 Å². The van der Waals surface area contributed by atoms with Crippen molar-refractivity contribution in [1.29, 1.82) is 0 Å².